The Kier molecular flexibility index (Phi) is 4.20. The van der Waals surface area contributed by atoms with Gasteiger partial charge in [0.05, 0.1) is 18.2 Å². The topological polar surface area (TPSA) is 73.9 Å². The molecule has 0 amide bonds. The summed E-state index contributed by atoms with van der Waals surface area (Å²) in [5.74, 6) is -0.112. The van der Waals surface area contributed by atoms with E-state index in [9.17, 15) is 26.3 Å². The summed E-state index contributed by atoms with van der Waals surface area (Å²) in [6.45, 7) is 0. The van der Waals surface area contributed by atoms with Gasteiger partial charge in [-0.25, -0.2) is 9.61 Å². The van der Waals surface area contributed by atoms with Gasteiger partial charge in [-0.05, 0) is 34.1 Å². The summed E-state index contributed by atoms with van der Waals surface area (Å²) in [7, 11) is 1.22. The van der Waals surface area contributed by atoms with Crippen molar-refractivity contribution in [3.8, 4) is 5.88 Å². The van der Waals surface area contributed by atoms with E-state index < -0.39 is 29.9 Å². The first kappa shape index (κ1) is 17.9. The van der Waals surface area contributed by atoms with Gasteiger partial charge < -0.3 is 4.74 Å². The van der Waals surface area contributed by atoms with Crippen molar-refractivity contribution in [3.63, 3.8) is 0 Å². The van der Waals surface area contributed by atoms with Gasteiger partial charge in [-0.1, -0.05) is 0 Å². The maximum Gasteiger partial charge on any atom is 0.416 e. The molecule has 0 fully saturated rings. The number of hydrogen-bond donors (Lipinski definition) is 0. The zero-order chi connectivity index (χ0) is 19.1. The molecule has 26 heavy (non-hydrogen) atoms. The molecule has 2 heterocycles. The third-order valence-corrected chi connectivity index (χ3v) is 3.36. The highest BCUT2D eigenvalue weighted by Gasteiger charge is 2.37. The Morgan fingerprint density at radius 3 is 1.92 bits per heavy atom. The lowest BCUT2D eigenvalue weighted by Crippen LogP contribution is -2.12. The number of fused-ring (bicyclic) bond motifs is 1. The van der Waals surface area contributed by atoms with Crippen LogP contribution >= 0.6 is 0 Å². The van der Waals surface area contributed by atoms with Gasteiger partial charge >= 0.3 is 12.4 Å². The molecule has 0 N–H and O–H groups in total. The SMILES string of the molecule is COc1nc2nonc2nc1Cc1cc(C(F)(F)F)cc(C(F)(F)F)c1. The summed E-state index contributed by atoms with van der Waals surface area (Å²) in [4.78, 5) is 7.86. The van der Waals surface area contributed by atoms with E-state index in [0.717, 1.165) is 0 Å². The molecule has 0 unspecified atom stereocenters. The predicted molar refractivity (Wildman–Crippen MR) is 73.2 cm³/mol. The Hall–Kier alpha value is -2.92. The van der Waals surface area contributed by atoms with Crippen molar-refractivity contribution in [1.29, 1.82) is 0 Å². The van der Waals surface area contributed by atoms with Crippen molar-refractivity contribution in [2.75, 3.05) is 7.11 Å². The highest BCUT2D eigenvalue weighted by molar-refractivity contribution is 5.64. The fourth-order valence-electron chi connectivity index (χ4n) is 2.25. The maximum atomic E-state index is 12.9. The Balaban J connectivity index is 2.09. The molecule has 12 heteroatoms. The van der Waals surface area contributed by atoms with Crippen LogP contribution in [0.1, 0.15) is 22.4 Å². The third kappa shape index (κ3) is 3.53. The van der Waals surface area contributed by atoms with Crippen LogP contribution in [0.4, 0.5) is 26.3 Å². The predicted octanol–water partition coefficient (Wildman–Crippen LogP) is 3.65. The van der Waals surface area contributed by atoms with Crippen molar-refractivity contribution < 1.29 is 35.7 Å². The van der Waals surface area contributed by atoms with Crippen molar-refractivity contribution in [3.05, 3.63) is 40.6 Å². The fraction of sp³-hybridized carbons (Fsp3) is 0.286. The van der Waals surface area contributed by atoms with E-state index in [-0.39, 0.29) is 34.5 Å². The van der Waals surface area contributed by atoms with E-state index in [4.69, 9.17) is 4.74 Å². The minimum atomic E-state index is -4.94. The van der Waals surface area contributed by atoms with Crippen molar-refractivity contribution in [2.24, 2.45) is 0 Å². The minimum absolute atomic E-state index is 0.00868. The molecule has 0 bridgehead atoms. The van der Waals surface area contributed by atoms with E-state index in [2.05, 4.69) is 24.9 Å². The van der Waals surface area contributed by atoms with Gasteiger partial charge in [0.15, 0.2) is 0 Å². The molecule has 3 rings (SSSR count). The molecule has 0 aliphatic carbocycles. The number of nitrogens with zero attached hydrogens (tertiary/aromatic N) is 4. The van der Waals surface area contributed by atoms with Gasteiger partial charge in [0.2, 0.25) is 17.2 Å². The lowest BCUT2D eigenvalue weighted by Gasteiger charge is -2.14. The second-order valence-corrected chi connectivity index (χ2v) is 5.18. The zero-order valence-electron chi connectivity index (χ0n) is 12.8. The number of benzene rings is 1. The quantitative estimate of drug-likeness (QED) is 0.648. The summed E-state index contributed by atoms with van der Waals surface area (Å²) in [6, 6.07) is 1.28. The van der Waals surface area contributed by atoms with Crippen LogP contribution in [0, 0.1) is 0 Å². The number of rotatable bonds is 3. The molecule has 138 valence electrons. The van der Waals surface area contributed by atoms with Gasteiger partial charge in [0, 0.05) is 6.42 Å². The molecule has 1 aromatic carbocycles. The monoisotopic (exact) mass is 378 g/mol. The molecule has 6 nitrogen and oxygen atoms in total. The molecule has 0 aliphatic heterocycles. The van der Waals surface area contributed by atoms with Crippen molar-refractivity contribution >= 4 is 11.3 Å². The van der Waals surface area contributed by atoms with Gasteiger partial charge in [0.25, 0.3) is 0 Å². The summed E-state index contributed by atoms with van der Waals surface area (Å²) < 4.78 is 87.0. The molecule has 2 aromatic heterocycles. The number of methoxy groups -OCH3 is 1. The molecule has 0 aliphatic rings. The van der Waals surface area contributed by atoms with Crippen LogP contribution < -0.4 is 4.74 Å². The maximum absolute atomic E-state index is 12.9. The van der Waals surface area contributed by atoms with Gasteiger partial charge in [-0.3, -0.25) is 0 Å². The Morgan fingerprint density at radius 1 is 0.885 bits per heavy atom. The zero-order valence-corrected chi connectivity index (χ0v) is 12.8. The summed E-state index contributed by atoms with van der Waals surface area (Å²) in [6.07, 6.45) is -10.3. The third-order valence-electron chi connectivity index (χ3n) is 3.36. The van der Waals surface area contributed by atoms with Gasteiger partial charge in [0.1, 0.15) is 5.69 Å². The first-order valence-electron chi connectivity index (χ1n) is 6.89. The Bertz CT molecular complexity index is 918. The molecule has 0 saturated heterocycles. The van der Waals surface area contributed by atoms with Gasteiger partial charge in [-0.15, -0.1) is 0 Å². The minimum Gasteiger partial charge on any atom is -0.480 e. The Morgan fingerprint density at radius 2 is 1.42 bits per heavy atom. The van der Waals surface area contributed by atoms with Crippen LogP contribution in [0.25, 0.3) is 11.3 Å². The van der Waals surface area contributed by atoms with E-state index in [1.807, 2.05) is 0 Å². The highest BCUT2D eigenvalue weighted by atomic mass is 19.4. The van der Waals surface area contributed by atoms with Crippen LogP contribution in [0.2, 0.25) is 0 Å². The van der Waals surface area contributed by atoms with Crippen LogP contribution in [0.5, 0.6) is 5.88 Å². The summed E-state index contributed by atoms with van der Waals surface area (Å²) in [5.41, 5.74) is -3.18. The van der Waals surface area contributed by atoms with E-state index >= 15 is 0 Å². The van der Waals surface area contributed by atoms with E-state index in [0.29, 0.717) is 12.1 Å². The van der Waals surface area contributed by atoms with Crippen LogP contribution in [0.3, 0.4) is 0 Å². The fourth-order valence-corrected chi connectivity index (χ4v) is 2.25. The van der Waals surface area contributed by atoms with Gasteiger partial charge in [-0.2, -0.15) is 31.3 Å². The van der Waals surface area contributed by atoms with Crippen LogP contribution in [-0.2, 0) is 18.8 Å². The first-order valence-corrected chi connectivity index (χ1v) is 6.89. The number of ether oxygens (including phenoxy) is 1. The number of aromatic nitrogens is 4. The molecule has 0 atom stereocenters. The normalized spacial score (nSPS) is 12.6. The number of hydrogen-bond acceptors (Lipinski definition) is 6. The van der Waals surface area contributed by atoms with Crippen molar-refractivity contribution in [2.45, 2.75) is 18.8 Å². The molecule has 0 radical (unpaired) electrons. The smallest absolute Gasteiger partial charge is 0.416 e. The average Bonchev–Trinajstić information content (AvgIpc) is 2.99. The van der Waals surface area contributed by atoms with E-state index in [1.54, 1.807) is 0 Å². The molecule has 3 aromatic rings. The molecule has 0 spiro atoms. The summed E-state index contributed by atoms with van der Waals surface area (Å²) >= 11 is 0. The first-order chi connectivity index (χ1) is 12.1. The van der Waals surface area contributed by atoms with Crippen LogP contribution in [0.15, 0.2) is 22.8 Å². The summed E-state index contributed by atoms with van der Waals surface area (Å²) in [5, 5.41) is 6.87. The lowest BCUT2D eigenvalue weighted by molar-refractivity contribution is -0.143. The van der Waals surface area contributed by atoms with Crippen molar-refractivity contribution in [1.82, 2.24) is 20.3 Å². The molecular weight excluding hydrogens is 370 g/mol. The lowest BCUT2D eigenvalue weighted by atomic mass is 10.0. The number of alkyl halides is 6. The Labute approximate surface area is 140 Å². The van der Waals surface area contributed by atoms with E-state index in [1.165, 1.54) is 7.11 Å². The number of halogens is 6. The average molecular weight is 378 g/mol. The molecular formula is C14H8F6N4O2. The second-order valence-electron chi connectivity index (χ2n) is 5.18. The standard InChI is InChI=1S/C14H8F6N4O2/c1-25-12-9(21-10-11(22-12)24-26-23-10)4-6-2-7(13(15,16)17)5-8(3-6)14(18,19)20/h2-3,5H,4H2,1H3. The second kappa shape index (κ2) is 6.11. The highest BCUT2D eigenvalue weighted by Crippen LogP contribution is 2.37. The van der Waals surface area contributed by atoms with Crippen LogP contribution in [-0.4, -0.2) is 27.4 Å². The largest absolute Gasteiger partial charge is 0.480 e. The molecule has 0 saturated carbocycles.